The van der Waals surface area contributed by atoms with Crippen molar-refractivity contribution in [1.82, 2.24) is 15.1 Å². The van der Waals surface area contributed by atoms with Crippen LogP contribution in [0.4, 0.5) is 0 Å². The van der Waals surface area contributed by atoms with Gasteiger partial charge in [-0.1, -0.05) is 31.5 Å². The number of nitrogens with zero attached hydrogens (tertiary/aromatic N) is 2. The molecule has 1 atom stereocenters. The normalized spacial score (nSPS) is 27.1. The molecule has 3 fully saturated rings. The fourth-order valence-corrected chi connectivity index (χ4v) is 5.89. The Morgan fingerprint density at radius 3 is 2.54 bits per heavy atom. The molecule has 3 aliphatic heterocycles. The van der Waals surface area contributed by atoms with E-state index in [2.05, 4.69) is 24.1 Å². The van der Waals surface area contributed by atoms with Crippen LogP contribution in [-0.4, -0.2) is 60.9 Å². The summed E-state index contributed by atoms with van der Waals surface area (Å²) >= 11 is 0. The molecule has 1 unspecified atom stereocenters. The van der Waals surface area contributed by atoms with Crippen LogP contribution in [0.5, 0.6) is 0 Å². The van der Waals surface area contributed by atoms with Gasteiger partial charge in [-0.2, -0.15) is 0 Å². The van der Waals surface area contributed by atoms with Crippen molar-refractivity contribution in [1.29, 1.82) is 0 Å². The number of aryl methyl sites for hydroxylation is 1. The van der Waals surface area contributed by atoms with E-state index in [1.54, 1.807) is 0 Å². The third-order valence-electron chi connectivity index (χ3n) is 7.20. The van der Waals surface area contributed by atoms with Crippen molar-refractivity contribution in [3.63, 3.8) is 0 Å². The minimum absolute atomic E-state index is 0.00581. The second-order valence-electron chi connectivity index (χ2n) is 9.59. The van der Waals surface area contributed by atoms with Gasteiger partial charge in [-0.3, -0.25) is 9.59 Å². The maximum absolute atomic E-state index is 13.0. The van der Waals surface area contributed by atoms with Gasteiger partial charge < -0.3 is 15.1 Å². The molecule has 0 saturated carbocycles. The molecule has 0 bridgehead atoms. The van der Waals surface area contributed by atoms with E-state index >= 15 is 0 Å². The molecule has 0 radical (unpaired) electrons. The number of piperidine rings is 1. The van der Waals surface area contributed by atoms with Crippen LogP contribution in [0.3, 0.4) is 0 Å². The van der Waals surface area contributed by atoms with Gasteiger partial charge in [-0.05, 0) is 44.2 Å². The van der Waals surface area contributed by atoms with Crippen molar-refractivity contribution in [2.75, 3.05) is 39.3 Å². The Hall–Kier alpha value is -1.88. The molecule has 5 heteroatoms. The summed E-state index contributed by atoms with van der Waals surface area (Å²) in [5.74, 6) is 0.970. The molecular weight excluding hydrogens is 350 g/mol. The second-order valence-corrected chi connectivity index (χ2v) is 9.59. The van der Waals surface area contributed by atoms with Crippen LogP contribution >= 0.6 is 0 Å². The molecular formula is C23H33N3O2. The van der Waals surface area contributed by atoms with Crippen molar-refractivity contribution in [2.45, 2.75) is 40.0 Å². The monoisotopic (exact) mass is 383 g/mol. The average molecular weight is 384 g/mol. The van der Waals surface area contributed by atoms with Gasteiger partial charge in [0.05, 0.1) is 5.41 Å². The quantitative estimate of drug-likeness (QED) is 0.873. The number of benzene rings is 1. The highest BCUT2D eigenvalue weighted by molar-refractivity contribution is 5.94. The van der Waals surface area contributed by atoms with Crippen molar-refractivity contribution in [2.24, 2.45) is 16.7 Å². The zero-order valence-corrected chi connectivity index (χ0v) is 17.5. The Bertz CT molecular complexity index is 767. The lowest BCUT2D eigenvalue weighted by atomic mass is 9.60. The minimum atomic E-state index is -0.264. The van der Waals surface area contributed by atoms with E-state index in [9.17, 15) is 9.59 Å². The lowest BCUT2D eigenvalue weighted by Crippen LogP contribution is -2.53. The Morgan fingerprint density at radius 2 is 1.93 bits per heavy atom. The molecule has 3 aliphatic rings. The highest BCUT2D eigenvalue weighted by Gasteiger charge is 2.63. The number of likely N-dealkylation sites (tertiary alicyclic amines) is 2. The predicted molar refractivity (Wildman–Crippen MR) is 110 cm³/mol. The van der Waals surface area contributed by atoms with Gasteiger partial charge >= 0.3 is 0 Å². The van der Waals surface area contributed by atoms with Crippen molar-refractivity contribution < 1.29 is 9.59 Å². The van der Waals surface area contributed by atoms with E-state index in [0.717, 1.165) is 69.7 Å². The first-order valence-electron chi connectivity index (χ1n) is 10.7. The molecule has 28 heavy (non-hydrogen) atoms. The van der Waals surface area contributed by atoms with Crippen LogP contribution in [0.25, 0.3) is 0 Å². The number of hydrogen-bond donors (Lipinski definition) is 1. The summed E-state index contributed by atoms with van der Waals surface area (Å²) < 4.78 is 0. The molecule has 152 valence electrons. The largest absolute Gasteiger partial charge is 0.356 e. The summed E-state index contributed by atoms with van der Waals surface area (Å²) in [6.07, 6.45) is 2.78. The lowest BCUT2D eigenvalue weighted by molar-refractivity contribution is -0.133. The maximum atomic E-state index is 13.0. The van der Waals surface area contributed by atoms with Crippen LogP contribution in [0.2, 0.25) is 0 Å². The van der Waals surface area contributed by atoms with E-state index < -0.39 is 0 Å². The first-order valence-corrected chi connectivity index (χ1v) is 10.7. The van der Waals surface area contributed by atoms with Crippen molar-refractivity contribution in [3.05, 3.63) is 35.4 Å². The van der Waals surface area contributed by atoms with Gasteiger partial charge in [-0.15, -0.1) is 0 Å². The van der Waals surface area contributed by atoms with Crippen LogP contribution in [-0.2, 0) is 4.79 Å². The summed E-state index contributed by atoms with van der Waals surface area (Å²) in [5, 5.41) is 3.12. The molecule has 4 rings (SSSR count). The maximum Gasteiger partial charge on any atom is 0.253 e. The van der Waals surface area contributed by atoms with Gasteiger partial charge in [-0.25, -0.2) is 0 Å². The molecule has 1 N–H and O–H groups in total. The molecule has 3 heterocycles. The average Bonchev–Trinajstić information content (AvgIpc) is 3.16. The van der Waals surface area contributed by atoms with Crippen molar-refractivity contribution in [3.8, 4) is 0 Å². The molecule has 0 aliphatic carbocycles. The van der Waals surface area contributed by atoms with Gasteiger partial charge in [0.1, 0.15) is 0 Å². The number of rotatable bonds is 3. The Kier molecular flexibility index (Phi) is 4.98. The third-order valence-corrected chi connectivity index (χ3v) is 7.20. The number of carbonyl (C=O) groups excluding carboxylic acids is 2. The number of nitrogens with one attached hydrogen (secondary N) is 1. The Morgan fingerprint density at radius 1 is 1.18 bits per heavy atom. The van der Waals surface area contributed by atoms with Gasteiger partial charge in [0.2, 0.25) is 5.91 Å². The summed E-state index contributed by atoms with van der Waals surface area (Å²) in [6, 6.07) is 7.85. The van der Waals surface area contributed by atoms with E-state index in [-0.39, 0.29) is 22.6 Å². The van der Waals surface area contributed by atoms with Gasteiger partial charge in [0, 0.05) is 50.2 Å². The SMILES string of the molecule is Cc1cccc(C(=O)N2CCC3(CC2)CN(CC(C)C)CC32CCNC2=O)c1. The molecule has 3 saturated heterocycles. The zero-order valence-electron chi connectivity index (χ0n) is 17.5. The smallest absolute Gasteiger partial charge is 0.253 e. The van der Waals surface area contributed by atoms with E-state index in [0.29, 0.717) is 5.92 Å². The number of fused-ring (bicyclic) bond motifs is 1. The van der Waals surface area contributed by atoms with Crippen LogP contribution < -0.4 is 5.32 Å². The predicted octanol–water partition coefficient (Wildman–Crippen LogP) is 2.70. The summed E-state index contributed by atoms with van der Waals surface area (Å²) in [5.41, 5.74) is 1.63. The van der Waals surface area contributed by atoms with Gasteiger partial charge in [0.15, 0.2) is 0 Å². The van der Waals surface area contributed by atoms with Crippen LogP contribution in [0.15, 0.2) is 24.3 Å². The zero-order chi connectivity index (χ0) is 19.9. The molecule has 2 spiro atoms. The highest BCUT2D eigenvalue weighted by atomic mass is 16.2. The Balaban J connectivity index is 1.52. The van der Waals surface area contributed by atoms with E-state index in [1.807, 2.05) is 36.1 Å². The topological polar surface area (TPSA) is 52.7 Å². The summed E-state index contributed by atoms with van der Waals surface area (Å²) in [7, 11) is 0. The number of amides is 2. The van der Waals surface area contributed by atoms with E-state index in [1.165, 1.54) is 0 Å². The summed E-state index contributed by atoms with van der Waals surface area (Å²) in [6.45, 7) is 11.7. The fourth-order valence-electron chi connectivity index (χ4n) is 5.89. The van der Waals surface area contributed by atoms with Gasteiger partial charge in [0.25, 0.3) is 5.91 Å². The molecule has 2 amide bonds. The first kappa shape index (κ1) is 19.4. The third kappa shape index (κ3) is 3.14. The van der Waals surface area contributed by atoms with Crippen LogP contribution in [0.1, 0.15) is 49.0 Å². The standard InChI is InChI=1S/C23H33N3O2/c1-17(2)14-25-15-22(23(16-25)7-10-24-21(23)28)8-11-26(12-9-22)20(27)19-6-4-5-18(3)13-19/h4-6,13,17H,7-12,14-16H2,1-3H3,(H,24,28). The molecule has 1 aromatic rings. The Labute approximate surface area is 168 Å². The first-order chi connectivity index (χ1) is 13.4. The number of carbonyl (C=O) groups is 2. The molecule has 0 aromatic heterocycles. The molecule has 1 aromatic carbocycles. The fraction of sp³-hybridized carbons (Fsp3) is 0.652. The highest BCUT2D eigenvalue weighted by Crippen LogP contribution is 2.56. The lowest BCUT2D eigenvalue weighted by Gasteiger charge is -2.46. The van der Waals surface area contributed by atoms with E-state index in [4.69, 9.17) is 0 Å². The number of hydrogen-bond acceptors (Lipinski definition) is 3. The second kappa shape index (κ2) is 7.18. The minimum Gasteiger partial charge on any atom is -0.356 e. The van der Waals surface area contributed by atoms with Crippen LogP contribution in [0, 0.1) is 23.7 Å². The van der Waals surface area contributed by atoms with Crippen molar-refractivity contribution >= 4 is 11.8 Å². The summed E-state index contributed by atoms with van der Waals surface area (Å²) in [4.78, 5) is 30.4. The molecule has 5 nitrogen and oxygen atoms in total.